The van der Waals surface area contributed by atoms with Crippen LogP contribution in [0.25, 0.3) is 11.2 Å². The third kappa shape index (κ3) is 5.65. The molecular formula is C26H27F5N6O3. The van der Waals surface area contributed by atoms with Gasteiger partial charge in [0.2, 0.25) is 5.91 Å². The highest BCUT2D eigenvalue weighted by Gasteiger charge is 2.40. The Morgan fingerprint density at radius 1 is 1.10 bits per heavy atom. The van der Waals surface area contributed by atoms with E-state index in [9.17, 15) is 36.3 Å². The third-order valence-electron chi connectivity index (χ3n) is 7.39. The molecule has 2 saturated heterocycles. The first kappa shape index (κ1) is 26.3. The zero-order valence-corrected chi connectivity index (χ0v) is 21.2. The van der Waals surface area contributed by atoms with Crippen LogP contribution in [0.4, 0.5) is 26.7 Å². The van der Waals surface area contributed by atoms with Crippen LogP contribution in [0.15, 0.2) is 41.3 Å². The fraction of sp³-hybridized carbons (Fsp3) is 0.462. The molecule has 2 aromatic heterocycles. The highest BCUT2D eigenvalue weighted by molar-refractivity contribution is 5.87. The van der Waals surface area contributed by atoms with Gasteiger partial charge in [-0.25, -0.2) is 23.4 Å². The van der Waals surface area contributed by atoms with Gasteiger partial charge in [-0.15, -0.1) is 0 Å². The van der Waals surface area contributed by atoms with Crippen molar-refractivity contribution in [1.82, 2.24) is 29.7 Å². The number of benzene rings is 1. The van der Waals surface area contributed by atoms with Gasteiger partial charge in [-0.05, 0) is 49.4 Å². The van der Waals surface area contributed by atoms with Crippen LogP contribution >= 0.6 is 0 Å². The average molecular weight is 568 g/mol. The number of carbonyl (C=O) groups is 2. The van der Waals surface area contributed by atoms with Crippen molar-refractivity contribution < 1.29 is 32.9 Å². The second-order valence-corrected chi connectivity index (χ2v) is 9.98. The molecule has 2 atom stereocenters. The summed E-state index contributed by atoms with van der Waals surface area (Å²) in [5.74, 6) is -4.72. The van der Waals surface area contributed by atoms with Crippen LogP contribution in [0.1, 0.15) is 44.6 Å². The minimum absolute atomic E-state index is 0.149. The minimum Gasteiger partial charge on any atom is -0.331 e. The van der Waals surface area contributed by atoms with Crippen LogP contribution in [0.2, 0.25) is 0 Å². The first-order chi connectivity index (χ1) is 19.4. The molecule has 0 spiro atoms. The predicted molar refractivity (Wildman–Crippen MR) is 133 cm³/mol. The number of urea groups is 1. The van der Waals surface area contributed by atoms with Gasteiger partial charge in [0.15, 0.2) is 17.3 Å². The van der Waals surface area contributed by atoms with Crippen molar-refractivity contribution in [2.75, 3.05) is 26.2 Å². The van der Waals surface area contributed by atoms with Crippen LogP contribution in [0, 0.1) is 11.6 Å². The third-order valence-corrected chi connectivity index (χ3v) is 7.39. The van der Waals surface area contributed by atoms with E-state index in [4.69, 9.17) is 1.37 Å². The van der Waals surface area contributed by atoms with Crippen LogP contribution in [0.5, 0.6) is 0 Å². The lowest BCUT2D eigenvalue weighted by Gasteiger charge is -2.34. The molecule has 2 aliphatic rings. The van der Waals surface area contributed by atoms with Gasteiger partial charge in [0.05, 0.1) is 6.89 Å². The van der Waals surface area contributed by atoms with Crippen molar-refractivity contribution in [3.8, 4) is 0 Å². The van der Waals surface area contributed by atoms with Gasteiger partial charge < -0.3 is 15.1 Å². The topological polar surface area (TPSA) is 103 Å². The van der Waals surface area contributed by atoms with Crippen molar-refractivity contribution in [3.63, 3.8) is 0 Å². The number of pyridine rings is 1. The summed E-state index contributed by atoms with van der Waals surface area (Å²) < 4.78 is 78.9. The summed E-state index contributed by atoms with van der Waals surface area (Å²) in [4.78, 5) is 47.4. The molecule has 0 saturated carbocycles. The Bertz CT molecular complexity index is 1520. The first-order valence-electron chi connectivity index (χ1n) is 13.3. The molecule has 214 valence electrons. The van der Waals surface area contributed by atoms with Crippen LogP contribution in [0.3, 0.4) is 0 Å². The zero-order chi connectivity index (χ0) is 29.5. The van der Waals surface area contributed by atoms with Gasteiger partial charge in [0.1, 0.15) is 12.6 Å². The van der Waals surface area contributed by atoms with E-state index in [-0.39, 0.29) is 36.8 Å². The minimum atomic E-state index is -4.83. The number of likely N-dealkylation sites (tertiary alicyclic amines) is 2. The Balaban J connectivity index is 1.31. The van der Waals surface area contributed by atoms with Crippen molar-refractivity contribution in [3.05, 3.63) is 64.2 Å². The maximum atomic E-state index is 14.5. The molecular weight excluding hydrogens is 539 g/mol. The molecule has 9 nitrogen and oxygen atoms in total. The lowest BCUT2D eigenvalue weighted by Crippen LogP contribution is -2.54. The number of halogens is 5. The monoisotopic (exact) mass is 567 g/mol. The normalized spacial score (nSPS) is 23.3. The number of amides is 3. The number of hydrogen-bond donors (Lipinski definition) is 2. The zero-order valence-electron chi connectivity index (χ0n) is 22.2. The molecule has 2 fully saturated rings. The van der Waals surface area contributed by atoms with E-state index in [1.54, 1.807) is 22.9 Å². The molecule has 3 aromatic rings. The summed E-state index contributed by atoms with van der Waals surface area (Å²) in [7, 11) is 0. The van der Waals surface area contributed by atoms with Crippen molar-refractivity contribution in [2.45, 2.75) is 49.8 Å². The second kappa shape index (κ2) is 10.9. The molecule has 1 aromatic carbocycles. The van der Waals surface area contributed by atoms with Crippen molar-refractivity contribution in [2.24, 2.45) is 0 Å². The van der Waals surface area contributed by atoms with Gasteiger partial charge in [-0.2, -0.15) is 13.2 Å². The molecule has 0 bridgehead atoms. The maximum absolute atomic E-state index is 14.5. The Labute approximate surface area is 226 Å². The Morgan fingerprint density at radius 2 is 1.85 bits per heavy atom. The molecule has 5 rings (SSSR count). The SMILES string of the molecule is [2H][C@@]1(NC(=O)N2CCC(n3c(=O)[nH]c4ncccc43)CC2)CC[C@@H](c2cccc(F)c2F)CN(CC(F)(F)F)C1=O. The van der Waals surface area contributed by atoms with Crippen molar-refractivity contribution in [1.29, 1.82) is 0 Å². The summed E-state index contributed by atoms with van der Waals surface area (Å²) in [5, 5.41) is 2.30. The summed E-state index contributed by atoms with van der Waals surface area (Å²) in [6.45, 7) is -2.00. The van der Waals surface area contributed by atoms with E-state index in [0.717, 1.165) is 6.07 Å². The van der Waals surface area contributed by atoms with E-state index in [2.05, 4.69) is 15.3 Å². The lowest BCUT2D eigenvalue weighted by atomic mass is 9.93. The first-order valence-corrected chi connectivity index (χ1v) is 12.8. The van der Waals surface area contributed by atoms with E-state index >= 15 is 0 Å². The number of H-pyrrole nitrogens is 1. The van der Waals surface area contributed by atoms with E-state index in [1.165, 1.54) is 17.0 Å². The molecule has 40 heavy (non-hydrogen) atoms. The number of aromatic nitrogens is 3. The van der Waals surface area contributed by atoms with Gasteiger partial charge in [-0.3, -0.25) is 14.3 Å². The van der Waals surface area contributed by atoms with E-state index in [1.807, 2.05) is 0 Å². The summed E-state index contributed by atoms with van der Waals surface area (Å²) in [5.41, 5.74) is 0.499. The number of hydrogen-bond acceptors (Lipinski definition) is 4. The quantitative estimate of drug-likeness (QED) is 0.470. The van der Waals surface area contributed by atoms with E-state index < -0.39 is 61.2 Å². The van der Waals surface area contributed by atoms with Crippen LogP contribution in [-0.4, -0.2) is 74.6 Å². The van der Waals surface area contributed by atoms with Gasteiger partial charge in [-0.1, -0.05) is 12.1 Å². The number of nitrogens with zero attached hydrogens (tertiary/aromatic N) is 4. The van der Waals surface area contributed by atoms with Gasteiger partial charge >= 0.3 is 17.9 Å². The average Bonchev–Trinajstić information content (AvgIpc) is 3.21. The summed E-state index contributed by atoms with van der Waals surface area (Å²) >= 11 is 0. The Hall–Kier alpha value is -3.97. The molecule has 0 unspecified atom stereocenters. The highest BCUT2D eigenvalue weighted by atomic mass is 19.4. The molecule has 2 N–H and O–H groups in total. The maximum Gasteiger partial charge on any atom is 0.406 e. The molecule has 0 radical (unpaired) electrons. The smallest absolute Gasteiger partial charge is 0.331 e. The summed E-state index contributed by atoms with van der Waals surface area (Å²) in [6.07, 6.45) is -3.10. The number of carbonyl (C=O) groups excluding carboxylic acids is 2. The lowest BCUT2D eigenvalue weighted by molar-refractivity contribution is -0.162. The van der Waals surface area contributed by atoms with Crippen molar-refractivity contribution >= 4 is 23.1 Å². The largest absolute Gasteiger partial charge is 0.406 e. The van der Waals surface area contributed by atoms with E-state index in [0.29, 0.717) is 28.9 Å². The number of alkyl halides is 3. The standard InChI is InChI=1S/C26H27F5N6O3/c27-18-4-1-3-17(21(18)28)15-6-7-19(23(38)36(13-15)14-26(29,30)31)33-24(39)35-11-8-16(9-12-35)37-20-5-2-10-32-22(20)34-25(37)40/h1-5,10,15-16,19H,6-9,11-14H2,(H,33,39)(H,32,34,40)/t15-,19-/m1/s1/i19D. The molecule has 3 amide bonds. The molecule has 0 aliphatic carbocycles. The molecule has 2 aliphatic heterocycles. The van der Waals surface area contributed by atoms with Crippen LogP contribution < -0.4 is 11.0 Å². The van der Waals surface area contributed by atoms with Crippen LogP contribution in [-0.2, 0) is 4.79 Å². The summed E-state index contributed by atoms with van der Waals surface area (Å²) in [6, 6.07) is 3.23. The predicted octanol–water partition coefficient (Wildman–Crippen LogP) is 3.69. The number of imidazole rings is 1. The highest BCUT2D eigenvalue weighted by Crippen LogP contribution is 2.32. The van der Waals surface area contributed by atoms with Gasteiger partial charge in [0.25, 0.3) is 0 Å². The number of fused-ring (bicyclic) bond motifs is 1. The number of aromatic amines is 1. The molecule has 4 heterocycles. The fourth-order valence-electron chi connectivity index (χ4n) is 5.47. The second-order valence-electron chi connectivity index (χ2n) is 9.98. The number of piperidine rings is 1. The Kier molecular flexibility index (Phi) is 7.15. The number of nitrogens with one attached hydrogen (secondary N) is 2. The number of rotatable bonds is 4. The van der Waals surface area contributed by atoms with Gasteiger partial charge in [0, 0.05) is 37.8 Å². The fourth-order valence-corrected chi connectivity index (χ4v) is 5.47. The molecule has 14 heteroatoms. The Morgan fingerprint density at radius 3 is 2.58 bits per heavy atom.